The Morgan fingerprint density at radius 2 is 1.39 bits per heavy atom. The van der Waals surface area contributed by atoms with Crippen LogP contribution in [0.4, 0.5) is 4.79 Å². The number of carboxylic acids is 1. The molecule has 2 rings (SSSR count). The van der Waals surface area contributed by atoms with Crippen molar-refractivity contribution in [2.45, 2.75) is 91.0 Å². The molecule has 1 amide bonds. The monoisotopic (exact) mass is 389 g/mol. The summed E-state index contributed by atoms with van der Waals surface area (Å²) in [6.45, 7) is 19.5. The van der Waals surface area contributed by atoms with E-state index >= 15 is 0 Å². The summed E-state index contributed by atoms with van der Waals surface area (Å²) in [5.74, 6) is -0.424. The van der Waals surface area contributed by atoms with Gasteiger partial charge in [-0.25, -0.2) is 9.59 Å². The summed E-state index contributed by atoms with van der Waals surface area (Å²) < 4.78 is 5.91. The van der Waals surface area contributed by atoms with Gasteiger partial charge in [-0.1, -0.05) is 74.4 Å². The molecule has 0 saturated carbocycles. The standard InChI is InChI=1S/C23H35NO4/c1-21(2,3)14-12-15(22(4,5)6)18(16(13-14)23(7,8)9)28-20(27)24-11-10-17(24)19(25)26/h12-13,17H,10-11H2,1-9H3,(H,25,26). The van der Waals surface area contributed by atoms with Gasteiger partial charge in [0.2, 0.25) is 0 Å². The molecule has 156 valence electrons. The van der Waals surface area contributed by atoms with E-state index in [2.05, 4.69) is 74.4 Å². The Bertz CT molecular complexity index is 740. The Labute approximate surface area is 169 Å². The number of benzene rings is 1. The highest BCUT2D eigenvalue weighted by atomic mass is 16.6. The Hall–Kier alpha value is -2.04. The second-order valence-corrected chi connectivity index (χ2v) is 10.9. The normalized spacial score (nSPS) is 17.9. The molecular formula is C23H35NO4. The van der Waals surface area contributed by atoms with E-state index in [0.29, 0.717) is 18.7 Å². The summed E-state index contributed by atoms with van der Waals surface area (Å²) in [5, 5.41) is 9.26. The zero-order chi connectivity index (χ0) is 21.7. The zero-order valence-electron chi connectivity index (χ0n) is 18.8. The fraction of sp³-hybridized carbons (Fsp3) is 0.652. The van der Waals surface area contributed by atoms with E-state index < -0.39 is 18.1 Å². The van der Waals surface area contributed by atoms with Crippen molar-refractivity contribution >= 4 is 12.1 Å². The molecule has 1 unspecified atom stereocenters. The molecule has 5 heteroatoms. The van der Waals surface area contributed by atoms with Gasteiger partial charge < -0.3 is 9.84 Å². The van der Waals surface area contributed by atoms with Gasteiger partial charge in [-0.3, -0.25) is 4.90 Å². The largest absolute Gasteiger partial charge is 0.480 e. The van der Waals surface area contributed by atoms with Crippen LogP contribution < -0.4 is 4.74 Å². The summed E-state index contributed by atoms with van der Waals surface area (Å²) in [6, 6.07) is 3.46. The maximum absolute atomic E-state index is 12.8. The average molecular weight is 390 g/mol. The summed E-state index contributed by atoms with van der Waals surface area (Å²) in [5.41, 5.74) is 2.59. The number of amides is 1. The van der Waals surface area contributed by atoms with Crippen LogP contribution in [-0.2, 0) is 21.0 Å². The molecule has 1 heterocycles. The summed E-state index contributed by atoms with van der Waals surface area (Å²) >= 11 is 0. The van der Waals surface area contributed by atoms with Gasteiger partial charge in [0.15, 0.2) is 0 Å². The van der Waals surface area contributed by atoms with Crippen molar-refractivity contribution in [1.82, 2.24) is 4.90 Å². The van der Waals surface area contributed by atoms with Gasteiger partial charge in [0.25, 0.3) is 0 Å². The smallest absolute Gasteiger partial charge is 0.416 e. The van der Waals surface area contributed by atoms with Gasteiger partial charge in [-0.05, 0) is 28.2 Å². The van der Waals surface area contributed by atoms with Crippen molar-refractivity contribution in [3.8, 4) is 5.75 Å². The summed E-state index contributed by atoms with van der Waals surface area (Å²) in [7, 11) is 0. The first-order valence-electron chi connectivity index (χ1n) is 9.94. The highest BCUT2D eigenvalue weighted by Crippen LogP contribution is 2.43. The van der Waals surface area contributed by atoms with Gasteiger partial charge in [-0.2, -0.15) is 0 Å². The van der Waals surface area contributed by atoms with E-state index in [-0.39, 0.29) is 16.2 Å². The minimum atomic E-state index is -0.988. The molecule has 0 bridgehead atoms. The van der Waals surface area contributed by atoms with Crippen molar-refractivity contribution in [3.05, 3.63) is 28.8 Å². The molecule has 1 aliphatic rings. The minimum absolute atomic E-state index is 0.0472. The molecule has 1 aliphatic heterocycles. The lowest BCUT2D eigenvalue weighted by Crippen LogP contribution is -2.56. The summed E-state index contributed by atoms with van der Waals surface area (Å²) in [6.07, 6.45) is -0.121. The first kappa shape index (κ1) is 22.3. The fourth-order valence-electron chi connectivity index (χ4n) is 3.29. The van der Waals surface area contributed by atoms with Gasteiger partial charge in [0, 0.05) is 17.7 Å². The number of rotatable bonds is 2. The number of hydrogen-bond acceptors (Lipinski definition) is 3. The van der Waals surface area contributed by atoms with Crippen molar-refractivity contribution < 1.29 is 19.4 Å². The highest BCUT2D eigenvalue weighted by molar-refractivity contribution is 5.83. The molecule has 1 fully saturated rings. The third kappa shape index (κ3) is 4.50. The van der Waals surface area contributed by atoms with Crippen molar-refractivity contribution in [1.29, 1.82) is 0 Å². The lowest BCUT2D eigenvalue weighted by atomic mass is 9.75. The number of ether oxygens (including phenoxy) is 1. The second-order valence-electron chi connectivity index (χ2n) is 10.9. The first-order chi connectivity index (χ1) is 12.5. The van der Waals surface area contributed by atoms with Crippen LogP contribution in [0, 0.1) is 0 Å². The van der Waals surface area contributed by atoms with Crippen molar-refractivity contribution in [3.63, 3.8) is 0 Å². The molecule has 1 aromatic carbocycles. The molecular weight excluding hydrogens is 354 g/mol. The van der Waals surface area contributed by atoms with Crippen molar-refractivity contribution in [2.75, 3.05) is 6.54 Å². The van der Waals surface area contributed by atoms with Gasteiger partial charge in [0.05, 0.1) is 0 Å². The van der Waals surface area contributed by atoms with Crippen LogP contribution in [-0.4, -0.2) is 34.7 Å². The zero-order valence-corrected chi connectivity index (χ0v) is 18.8. The molecule has 0 spiro atoms. The maximum Gasteiger partial charge on any atom is 0.416 e. The highest BCUT2D eigenvalue weighted by Gasteiger charge is 2.40. The van der Waals surface area contributed by atoms with Gasteiger partial charge in [0.1, 0.15) is 11.8 Å². The van der Waals surface area contributed by atoms with Crippen LogP contribution in [0.15, 0.2) is 12.1 Å². The van der Waals surface area contributed by atoms with E-state index in [1.54, 1.807) is 0 Å². The predicted molar refractivity (Wildman–Crippen MR) is 111 cm³/mol. The lowest BCUT2D eigenvalue weighted by Gasteiger charge is -2.38. The Balaban J connectivity index is 2.60. The molecule has 1 atom stereocenters. The minimum Gasteiger partial charge on any atom is -0.480 e. The van der Waals surface area contributed by atoms with Crippen LogP contribution in [0.5, 0.6) is 5.75 Å². The molecule has 1 aromatic rings. The molecule has 0 radical (unpaired) electrons. The Kier molecular flexibility index (Phi) is 5.63. The van der Waals surface area contributed by atoms with E-state index in [9.17, 15) is 14.7 Å². The fourth-order valence-corrected chi connectivity index (χ4v) is 3.29. The molecule has 0 aromatic heterocycles. The first-order valence-corrected chi connectivity index (χ1v) is 9.94. The summed E-state index contributed by atoms with van der Waals surface area (Å²) in [4.78, 5) is 25.4. The number of likely N-dealkylation sites (tertiary alicyclic amines) is 1. The molecule has 5 nitrogen and oxygen atoms in total. The predicted octanol–water partition coefficient (Wildman–Crippen LogP) is 5.24. The average Bonchev–Trinajstić information content (AvgIpc) is 2.41. The third-order valence-corrected chi connectivity index (χ3v) is 5.30. The molecule has 0 aliphatic carbocycles. The SMILES string of the molecule is CC(C)(C)c1cc(C(C)(C)C)c(OC(=O)N2CCC2C(=O)O)c(C(C)(C)C)c1. The maximum atomic E-state index is 12.8. The van der Waals surface area contributed by atoms with Crippen molar-refractivity contribution in [2.24, 2.45) is 0 Å². The van der Waals surface area contributed by atoms with Gasteiger partial charge >= 0.3 is 12.1 Å². The van der Waals surface area contributed by atoms with Crippen LogP contribution >= 0.6 is 0 Å². The molecule has 1 saturated heterocycles. The molecule has 1 N–H and O–H groups in total. The quantitative estimate of drug-likeness (QED) is 0.751. The molecule has 28 heavy (non-hydrogen) atoms. The van der Waals surface area contributed by atoms with Gasteiger partial charge in [-0.15, -0.1) is 0 Å². The second kappa shape index (κ2) is 7.09. The topological polar surface area (TPSA) is 66.8 Å². The van der Waals surface area contributed by atoms with E-state index in [0.717, 1.165) is 11.1 Å². The number of nitrogens with zero attached hydrogens (tertiary/aromatic N) is 1. The van der Waals surface area contributed by atoms with Crippen LogP contribution in [0.1, 0.15) is 85.4 Å². The Morgan fingerprint density at radius 1 is 0.929 bits per heavy atom. The van der Waals surface area contributed by atoms with E-state index in [1.165, 1.54) is 10.5 Å². The number of carbonyl (C=O) groups excluding carboxylic acids is 1. The van der Waals surface area contributed by atoms with Crippen LogP contribution in [0.25, 0.3) is 0 Å². The number of carbonyl (C=O) groups is 2. The van der Waals surface area contributed by atoms with Crippen LogP contribution in [0.2, 0.25) is 0 Å². The third-order valence-electron chi connectivity index (χ3n) is 5.30. The lowest BCUT2D eigenvalue weighted by molar-refractivity contribution is -0.146. The van der Waals surface area contributed by atoms with E-state index in [4.69, 9.17) is 4.74 Å². The van der Waals surface area contributed by atoms with Crippen LogP contribution in [0.3, 0.4) is 0 Å². The Morgan fingerprint density at radius 3 is 1.68 bits per heavy atom. The number of aliphatic carboxylic acids is 1. The number of hydrogen-bond donors (Lipinski definition) is 1. The number of carboxylic acid groups (broad SMARTS) is 1. The van der Waals surface area contributed by atoms with E-state index in [1.807, 2.05) is 0 Å².